The fourth-order valence-electron chi connectivity index (χ4n) is 0.702. The monoisotopic (exact) mass is 174 g/mol. The van der Waals surface area contributed by atoms with E-state index in [2.05, 4.69) is 0 Å². The van der Waals surface area contributed by atoms with Crippen molar-refractivity contribution in [3.8, 4) is 0 Å². The molecular formula is C3H9B3O6. The van der Waals surface area contributed by atoms with Gasteiger partial charge in [-0.05, 0) is 0 Å². The van der Waals surface area contributed by atoms with Gasteiger partial charge in [-0.15, -0.1) is 0 Å². The van der Waals surface area contributed by atoms with E-state index in [1.165, 1.54) is 21.3 Å². The second-order valence-electron chi connectivity index (χ2n) is 1.98. The van der Waals surface area contributed by atoms with Crippen molar-refractivity contribution in [3.05, 3.63) is 0 Å². The predicted octanol–water partition coefficient (Wildman–Crippen LogP) is -1.06. The molecule has 0 aromatic rings. The largest absolute Gasteiger partial charge is 0.615 e. The van der Waals surface area contributed by atoms with Gasteiger partial charge in [0.1, 0.15) is 0 Å². The molecule has 6 nitrogen and oxygen atoms in total. The summed E-state index contributed by atoms with van der Waals surface area (Å²) in [6, 6.07) is 0. The van der Waals surface area contributed by atoms with Crippen molar-refractivity contribution < 1.29 is 27.7 Å². The Balaban J connectivity index is 2.41. The van der Waals surface area contributed by atoms with Crippen molar-refractivity contribution in [2.45, 2.75) is 0 Å². The van der Waals surface area contributed by atoms with Gasteiger partial charge < -0.3 is 27.7 Å². The van der Waals surface area contributed by atoms with Gasteiger partial charge in [0, 0.05) is 21.3 Å². The van der Waals surface area contributed by atoms with E-state index in [0.717, 1.165) is 0 Å². The molecule has 1 aliphatic rings. The van der Waals surface area contributed by atoms with Crippen LogP contribution in [0.5, 0.6) is 0 Å². The maximum absolute atomic E-state index is 4.95. The van der Waals surface area contributed by atoms with Crippen molar-refractivity contribution in [3.63, 3.8) is 0 Å². The van der Waals surface area contributed by atoms with Gasteiger partial charge in [0.15, 0.2) is 0 Å². The van der Waals surface area contributed by atoms with Crippen molar-refractivity contribution in [2.75, 3.05) is 21.3 Å². The van der Waals surface area contributed by atoms with Crippen LogP contribution in [0, 0.1) is 0 Å². The second-order valence-corrected chi connectivity index (χ2v) is 1.98. The molecule has 0 unspecified atom stereocenters. The molecule has 1 fully saturated rings. The topological polar surface area (TPSA) is 55.4 Å². The maximum Gasteiger partial charge on any atom is 0.615 e. The van der Waals surface area contributed by atoms with Gasteiger partial charge in [0.25, 0.3) is 0 Å². The third kappa shape index (κ3) is 2.48. The van der Waals surface area contributed by atoms with Gasteiger partial charge in [-0.25, -0.2) is 0 Å². The highest BCUT2D eigenvalue weighted by Crippen LogP contribution is 2.08. The lowest BCUT2D eigenvalue weighted by molar-refractivity contribution is 0.0959. The molecule has 0 aromatic heterocycles. The molecule has 0 aromatic carbocycles. The zero-order chi connectivity index (χ0) is 8.97. The summed E-state index contributed by atoms with van der Waals surface area (Å²) < 4.78 is 29.2. The lowest BCUT2D eigenvalue weighted by Crippen LogP contribution is -2.51. The molecule has 0 amide bonds. The maximum atomic E-state index is 4.95. The molecule has 1 heterocycles. The molecule has 66 valence electrons. The van der Waals surface area contributed by atoms with E-state index in [4.69, 9.17) is 27.7 Å². The van der Waals surface area contributed by atoms with E-state index in [1.807, 2.05) is 0 Å². The van der Waals surface area contributed by atoms with E-state index in [9.17, 15) is 0 Å². The van der Waals surface area contributed by atoms with Crippen LogP contribution in [0.1, 0.15) is 0 Å². The summed E-state index contributed by atoms with van der Waals surface area (Å²) in [5.74, 6) is 0. The first-order valence-corrected chi connectivity index (χ1v) is 3.35. The molecule has 0 radical (unpaired) electrons. The first-order valence-electron chi connectivity index (χ1n) is 3.35. The van der Waals surface area contributed by atoms with Gasteiger partial charge in [-0.2, -0.15) is 0 Å². The van der Waals surface area contributed by atoms with Crippen LogP contribution < -0.4 is 0 Å². The van der Waals surface area contributed by atoms with Crippen LogP contribution in [0.4, 0.5) is 0 Å². The average molecular weight is 174 g/mol. The highest BCUT2D eigenvalue weighted by Gasteiger charge is 2.44. The fraction of sp³-hybridized carbons (Fsp3) is 1.00. The van der Waals surface area contributed by atoms with Crippen LogP contribution in [0.25, 0.3) is 0 Å². The van der Waals surface area contributed by atoms with Crippen LogP contribution in [0.2, 0.25) is 0 Å². The highest BCUT2D eigenvalue weighted by atomic mass is 16.9. The molecule has 0 atom stereocenters. The van der Waals surface area contributed by atoms with Gasteiger partial charge in [0.2, 0.25) is 0 Å². The molecule has 0 bridgehead atoms. The van der Waals surface area contributed by atoms with E-state index in [0.29, 0.717) is 0 Å². The summed E-state index contributed by atoms with van der Waals surface area (Å²) >= 11 is 0. The molecule has 0 saturated carbocycles. The van der Waals surface area contributed by atoms with Gasteiger partial charge in [-0.3, -0.25) is 0 Å². The number of hydrogen-bond donors (Lipinski definition) is 0. The Kier molecular flexibility index (Phi) is 4.06. The molecule has 0 spiro atoms. The van der Waals surface area contributed by atoms with Crippen molar-refractivity contribution in [1.29, 1.82) is 0 Å². The molecule has 1 rings (SSSR count). The van der Waals surface area contributed by atoms with E-state index in [1.54, 1.807) is 0 Å². The minimum atomic E-state index is -0.825. The normalized spacial score (nSPS) is 18.8. The fourth-order valence-corrected chi connectivity index (χ4v) is 0.702. The minimum absolute atomic E-state index is 0.825. The summed E-state index contributed by atoms with van der Waals surface area (Å²) in [7, 11) is 1.84. The lowest BCUT2D eigenvalue weighted by atomic mass is 9.97. The Morgan fingerprint density at radius 2 is 0.917 bits per heavy atom. The Bertz CT molecular complexity index is 105. The first kappa shape index (κ1) is 10.0. The SMILES string of the molecule is COB1OB(OC)OB(OC)O1. The number of rotatable bonds is 3. The van der Waals surface area contributed by atoms with Crippen LogP contribution in [-0.2, 0) is 27.7 Å². The van der Waals surface area contributed by atoms with E-state index in [-0.39, 0.29) is 0 Å². The summed E-state index contributed by atoms with van der Waals surface area (Å²) in [4.78, 5) is 0. The minimum Gasteiger partial charge on any atom is -0.400 e. The summed E-state index contributed by atoms with van der Waals surface area (Å²) in [5.41, 5.74) is 0. The number of hydrogen-bond acceptors (Lipinski definition) is 6. The third-order valence-corrected chi connectivity index (χ3v) is 1.24. The first-order chi connectivity index (χ1) is 5.80. The van der Waals surface area contributed by atoms with Crippen molar-refractivity contribution in [1.82, 2.24) is 0 Å². The lowest BCUT2D eigenvalue weighted by Gasteiger charge is -2.25. The van der Waals surface area contributed by atoms with Gasteiger partial charge in [-0.1, -0.05) is 0 Å². The Morgan fingerprint density at radius 1 is 0.667 bits per heavy atom. The zero-order valence-corrected chi connectivity index (χ0v) is 7.18. The standard InChI is InChI=1S/C3H9B3O6/c1-7-4-10-5(8-2)12-6(9-3)11-4/h1-3H3. The van der Waals surface area contributed by atoms with E-state index >= 15 is 0 Å². The van der Waals surface area contributed by atoms with Crippen LogP contribution in [-0.4, -0.2) is 43.3 Å². The summed E-state index contributed by atoms with van der Waals surface area (Å²) in [6.07, 6.45) is 0. The van der Waals surface area contributed by atoms with Gasteiger partial charge in [0.05, 0.1) is 0 Å². The Labute approximate surface area is 71.9 Å². The van der Waals surface area contributed by atoms with Crippen LogP contribution in [0.3, 0.4) is 0 Å². The predicted molar refractivity (Wildman–Crippen MR) is 41.5 cm³/mol. The molecule has 12 heavy (non-hydrogen) atoms. The smallest absolute Gasteiger partial charge is 0.400 e. The summed E-state index contributed by atoms with van der Waals surface area (Å²) in [5, 5.41) is 0. The molecule has 0 aliphatic carbocycles. The van der Waals surface area contributed by atoms with Gasteiger partial charge >= 0.3 is 22.0 Å². The molecule has 0 N–H and O–H groups in total. The molecule has 1 aliphatic heterocycles. The quantitative estimate of drug-likeness (QED) is 0.508. The molecule has 1 saturated heterocycles. The zero-order valence-electron chi connectivity index (χ0n) is 7.18. The third-order valence-electron chi connectivity index (χ3n) is 1.24. The van der Waals surface area contributed by atoms with Crippen LogP contribution >= 0.6 is 0 Å². The van der Waals surface area contributed by atoms with E-state index < -0.39 is 22.0 Å². The highest BCUT2D eigenvalue weighted by molar-refractivity contribution is 6.66. The molecule has 9 heteroatoms. The Morgan fingerprint density at radius 3 is 1.08 bits per heavy atom. The van der Waals surface area contributed by atoms with Crippen LogP contribution in [0.15, 0.2) is 0 Å². The Hall–Kier alpha value is -0.0452. The molecular weight excluding hydrogens is 164 g/mol. The van der Waals surface area contributed by atoms with Crippen molar-refractivity contribution >= 4 is 22.0 Å². The summed E-state index contributed by atoms with van der Waals surface area (Å²) in [6.45, 7) is 0. The van der Waals surface area contributed by atoms with Crippen molar-refractivity contribution in [2.24, 2.45) is 0 Å². The second kappa shape index (κ2) is 4.85. The average Bonchev–Trinajstić information content (AvgIpc) is 2.16.